The second-order valence-electron chi connectivity index (χ2n) is 15.3. The molecule has 0 spiro atoms. The predicted octanol–water partition coefficient (Wildman–Crippen LogP) is 15.1. The van der Waals surface area contributed by atoms with Crippen molar-refractivity contribution >= 4 is 86.8 Å². The van der Waals surface area contributed by atoms with Gasteiger partial charge in [0.25, 0.3) is 0 Å². The zero-order chi connectivity index (χ0) is 39.4. The summed E-state index contributed by atoms with van der Waals surface area (Å²) in [4.78, 5) is 7.69. The number of nitrogens with zero attached hydrogens (tertiary/aromatic N) is 4. The number of fused-ring (bicyclic) bond motifs is 8. The van der Waals surface area contributed by atoms with Crippen molar-refractivity contribution in [2.24, 2.45) is 0 Å². The van der Waals surface area contributed by atoms with Gasteiger partial charge in [-0.05, 0) is 176 Å². The first-order valence-corrected chi connectivity index (χ1v) is 19.1. The minimum absolute atomic E-state index is 0.396. The van der Waals surface area contributed by atoms with Crippen LogP contribution >= 0.6 is 0 Å². The molecule has 0 saturated heterocycles. The van der Waals surface area contributed by atoms with Gasteiger partial charge in [-0.15, -0.1) is 0 Å². The highest BCUT2D eigenvalue weighted by molar-refractivity contribution is 6.45. The molecule has 0 N–H and O–H groups in total. The topological polar surface area (TPSA) is 56.3 Å². The van der Waals surface area contributed by atoms with E-state index in [0.29, 0.717) is 22.5 Å². The van der Waals surface area contributed by atoms with Crippen molar-refractivity contribution in [2.45, 2.75) is 13.8 Å². The van der Waals surface area contributed by atoms with E-state index in [1.54, 1.807) is 12.1 Å². The lowest BCUT2D eigenvalue weighted by molar-refractivity contribution is 1.39. The highest BCUT2D eigenvalue weighted by atomic mass is 14.6. The van der Waals surface area contributed by atoms with Gasteiger partial charge in [0.05, 0.1) is 25.3 Å². The Kier molecular flexibility index (Phi) is 6.91. The SMILES string of the molecule is [C-]#[N+]c1cc(C#N)cc(-c2c3cc4c5ccccc5c5cccc(c3c(-c3cc(C#N)cc([N+]#[C-])c3)c3c6ccc(-c7c(C)cccc7C)c7cccc(c23)c76)c54)c1. The van der Waals surface area contributed by atoms with Crippen molar-refractivity contribution in [1.82, 2.24) is 0 Å². The van der Waals surface area contributed by atoms with Gasteiger partial charge in [-0.3, -0.25) is 0 Å². The fourth-order valence-corrected chi connectivity index (χ4v) is 10.0. The van der Waals surface area contributed by atoms with E-state index in [0.717, 1.165) is 97.8 Å². The predicted molar refractivity (Wildman–Crippen MR) is 239 cm³/mol. The van der Waals surface area contributed by atoms with E-state index in [9.17, 15) is 10.5 Å². The number of rotatable bonds is 3. The molecule has 58 heavy (non-hydrogen) atoms. The molecule has 4 heteroatoms. The van der Waals surface area contributed by atoms with E-state index in [1.807, 2.05) is 24.3 Å². The van der Waals surface area contributed by atoms with Crippen molar-refractivity contribution in [3.05, 3.63) is 179 Å². The Morgan fingerprint density at radius 1 is 0.397 bits per heavy atom. The maximum atomic E-state index is 10.3. The van der Waals surface area contributed by atoms with E-state index < -0.39 is 0 Å². The van der Waals surface area contributed by atoms with E-state index >= 15 is 0 Å². The lowest BCUT2D eigenvalue weighted by atomic mass is 9.83. The Labute approximate surface area is 334 Å². The Bertz CT molecular complexity index is 3720. The first-order valence-electron chi connectivity index (χ1n) is 19.1. The molecule has 0 bridgehead atoms. The van der Waals surface area contributed by atoms with Crippen molar-refractivity contribution in [2.75, 3.05) is 0 Å². The van der Waals surface area contributed by atoms with E-state index in [1.165, 1.54) is 22.1 Å². The van der Waals surface area contributed by atoms with Gasteiger partial charge in [-0.25, -0.2) is 9.69 Å². The molecule has 0 heterocycles. The maximum Gasteiger partial charge on any atom is 0.189 e. The third kappa shape index (κ3) is 4.41. The van der Waals surface area contributed by atoms with E-state index in [-0.39, 0.29) is 0 Å². The zero-order valence-corrected chi connectivity index (χ0v) is 31.5. The average Bonchev–Trinajstić information content (AvgIpc) is 3.77. The van der Waals surface area contributed by atoms with Gasteiger partial charge in [0.1, 0.15) is 0 Å². The standard InChI is InChI=1S/C54H28N4/c1-29-10-7-11-30(2)47(29)41-18-19-44-50-40(41)15-9-17-43(50)53-48(33-20-31(27-55)22-35(24-33)57-3)46-26-45-38-13-6-5-12-37(38)39-14-8-16-42(51(39)45)52(46)49(54(44)53)34-21-32(28-56)23-36(25-34)58-4/h5-26H,1-2H3. The van der Waals surface area contributed by atoms with E-state index in [2.05, 4.69) is 133 Å². The highest BCUT2D eigenvalue weighted by Gasteiger charge is 2.28. The molecule has 0 saturated carbocycles. The van der Waals surface area contributed by atoms with Gasteiger partial charge in [0, 0.05) is 11.1 Å². The molecule has 264 valence electrons. The largest absolute Gasteiger partial charge is 0.238 e. The highest BCUT2D eigenvalue weighted by Crippen LogP contribution is 2.56. The normalized spacial score (nSPS) is 11.6. The lowest BCUT2D eigenvalue weighted by Gasteiger charge is -2.20. The van der Waals surface area contributed by atoms with Gasteiger partial charge in [-0.1, -0.05) is 91.0 Å². The van der Waals surface area contributed by atoms with Crippen LogP contribution in [-0.4, -0.2) is 0 Å². The molecule has 0 unspecified atom stereocenters. The van der Waals surface area contributed by atoms with Crippen LogP contribution in [0, 0.1) is 49.7 Å². The first-order chi connectivity index (χ1) is 28.4. The van der Waals surface area contributed by atoms with Gasteiger partial charge in [0.15, 0.2) is 11.4 Å². The van der Waals surface area contributed by atoms with Crippen LogP contribution in [0.3, 0.4) is 0 Å². The van der Waals surface area contributed by atoms with Crippen molar-refractivity contribution in [3.8, 4) is 45.5 Å². The van der Waals surface area contributed by atoms with Crippen LogP contribution in [0.2, 0.25) is 0 Å². The summed E-state index contributed by atoms with van der Waals surface area (Å²) in [5.74, 6) is 0. The first kappa shape index (κ1) is 33.1. The average molecular weight is 733 g/mol. The van der Waals surface area contributed by atoms with Crippen LogP contribution in [0.15, 0.2) is 133 Å². The fraction of sp³-hybridized carbons (Fsp3) is 0.0370. The summed E-state index contributed by atoms with van der Waals surface area (Å²) in [5.41, 5.74) is 9.88. The molecule has 4 nitrogen and oxygen atoms in total. The minimum atomic E-state index is 0.396. The summed E-state index contributed by atoms with van der Waals surface area (Å²) in [7, 11) is 0. The van der Waals surface area contributed by atoms with Crippen LogP contribution in [0.1, 0.15) is 22.3 Å². The summed E-state index contributed by atoms with van der Waals surface area (Å²) in [5, 5.41) is 35.9. The number of benzene rings is 9. The monoisotopic (exact) mass is 732 g/mol. The second-order valence-corrected chi connectivity index (χ2v) is 15.3. The smallest absolute Gasteiger partial charge is 0.189 e. The Balaban J connectivity index is 1.49. The second kappa shape index (κ2) is 12.1. The van der Waals surface area contributed by atoms with Gasteiger partial charge >= 0.3 is 0 Å². The van der Waals surface area contributed by atoms with Crippen molar-refractivity contribution in [1.29, 1.82) is 10.5 Å². The van der Waals surface area contributed by atoms with Crippen molar-refractivity contribution < 1.29 is 0 Å². The molecule has 0 fully saturated rings. The number of hydrogen-bond donors (Lipinski definition) is 0. The summed E-state index contributed by atoms with van der Waals surface area (Å²) < 4.78 is 0. The quantitative estimate of drug-likeness (QED) is 0.134. The molecule has 0 amide bonds. The van der Waals surface area contributed by atoms with Gasteiger partial charge in [0.2, 0.25) is 0 Å². The summed E-state index contributed by atoms with van der Waals surface area (Å²) in [6, 6.07) is 50.4. The summed E-state index contributed by atoms with van der Waals surface area (Å²) in [6.07, 6.45) is 0. The summed E-state index contributed by atoms with van der Waals surface area (Å²) in [6.45, 7) is 20.5. The Morgan fingerprint density at radius 3 is 1.53 bits per heavy atom. The lowest BCUT2D eigenvalue weighted by Crippen LogP contribution is -1.92. The van der Waals surface area contributed by atoms with E-state index in [4.69, 9.17) is 13.1 Å². The van der Waals surface area contributed by atoms with Crippen molar-refractivity contribution in [3.63, 3.8) is 0 Å². The van der Waals surface area contributed by atoms with Gasteiger partial charge < -0.3 is 0 Å². The Morgan fingerprint density at radius 2 is 0.897 bits per heavy atom. The maximum absolute atomic E-state index is 10.3. The molecule has 11 aromatic rings. The number of aryl methyl sites for hydroxylation is 2. The molecule has 0 aromatic heterocycles. The Hall–Kier alpha value is -8.28. The molecular weight excluding hydrogens is 705 g/mol. The number of nitriles is 2. The van der Waals surface area contributed by atoms with Crippen LogP contribution in [0.25, 0.3) is 118 Å². The van der Waals surface area contributed by atoms with Crippen LogP contribution in [0.5, 0.6) is 0 Å². The molecule has 0 aliphatic rings. The van der Waals surface area contributed by atoms with Crippen LogP contribution in [0.4, 0.5) is 11.4 Å². The molecule has 0 aliphatic carbocycles. The minimum Gasteiger partial charge on any atom is -0.238 e. The molecule has 11 aromatic carbocycles. The zero-order valence-electron chi connectivity index (χ0n) is 31.5. The summed E-state index contributed by atoms with van der Waals surface area (Å²) >= 11 is 0. The molecular formula is C54H28N4. The van der Waals surface area contributed by atoms with Gasteiger partial charge in [-0.2, -0.15) is 10.5 Å². The molecule has 0 atom stereocenters. The molecule has 11 rings (SSSR count). The van der Waals surface area contributed by atoms with Crippen LogP contribution in [-0.2, 0) is 0 Å². The number of hydrogen-bond acceptors (Lipinski definition) is 2. The van der Waals surface area contributed by atoms with Crippen LogP contribution < -0.4 is 0 Å². The third-order valence-corrected chi connectivity index (χ3v) is 12.2. The molecule has 0 aliphatic heterocycles. The third-order valence-electron chi connectivity index (χ3n) is 12.2. The molecule has 0 radical (unpaired) electrons. The fourth-order valence-electron chi connectivity index (χ4n) is 10.0.